The van der Waals surface area contributed by atoms with Gasteiger partial charge in [0.15, 0.2) is 0 Å². The predicted octanol–water partition coefficient (Wildman–Crippen LogP) is 2.74. The molecule has 0 saturated carbocycles. The SMILES string of the molecule is O=C([C@@H]1CC=CCC1)N1CCC[C@@H]1c1nc2c(c(=O)[nH]1)CN(Cc1cccnc1)CC2. The van der Waals surface area contributed by atoms with E-state index in [9.17, 15) is 9.59 Å². The standard InChI is InChI=1S/C24H29N5O2/c30-23-19-16-28(15-17-6-4-11-25-14-17)13-10-20(19)26-22(27-23)21-9-5-12-29(21)24(31)18-7-2-1-3-8-18/h1-2,4,6,11,14,18,21H,3,5,7-10,12-13,15-16H2,(H,26,27,30)/t18-,21-/m1/s1. The first-order valence-corrected chi connectivity index (χ1v) is 11.4. The maximum Gasteiger partial charge on any atom is 0.255 e. The highest BCUT2D eigenvalue weighted by Crippen LogP contribution is 2.33. The van der Waals surface area contributed by atoms with Gasteiger partial charge in [0.05, 0.1) is 17.3 Å². The quantitative estimate of drug-likeness (QED) is 0.771. The van der Waals surface area contributed by atoms with E-state index in [0.29, 0.717) is 12.4 Å². The molecule has 7 heteroatoms. The highest BCUT2D eigenvalue weighted by atomic mass is 16.2. The minimum absolute atomic E-state index is 0.0595. The number of aromatic nitrogens is 3. The third-order valence-corrected chi connectivity index (χ3v) is 6.76. The Hall–Kier alpha value is -2.80. The highest BCUT2D eigenvalue weighted by molar-refractivity contribution is 5.80. The molecule has 0 aromatic carbocycles. The molecule has 1 amide bonds. The average Bonchev–Trinajstić information content (AvgIpc) is 3.30. The zero-order valence-electron chi connectivity index (χ0n) is 17.8. The van der Waals surface area contributed by atoms with Crippen molar-refractivity contribution in [2.24, 2.45) is 5.92 Å². The number of likely N-dealkylation sites (tertiary alicyclic amines) is 1. The first kappa shape index (κ1) is 20.1. The van der Waals surface area contributed by atoms with Crippen LogP contribution in [0.25, 0.3) is 0 Å². The van der Waals surface area contributed by atoms with Gasteiger partial charge < -0.3 is 9.88 Å². The Bertz CT molecular complexity index is 1030. The Morgan fingerprint density at radius 2 is 2.16 bits per heavy atom. The fourth-order valence-corrected chi connectivity index (χ4v) is 5.11. The molecule has 5 rings (SSSR count). The summed E-state index contributed by atoms with van der Waals surface area (Å²) < 4.78 is 0. The number of allylic oxidation sites excluding steroid dienone is 2. The molecule has 1 saturated heterocycles. The lowest BCUT2D eigenvalue weighted by atomic mass is 9.93. The second-order valence-electron chi connectivity index (χ2n) is 8.87. The van der Waals surface area contributed by atoms with Crippen molar-refractivity contribution >= 4 is 5.91 Å². The van der Waals surface area contributed by atoms with Gasteiger partial charge in [-0.1, -0.05) is 18.2 Å². The highest BCUT2D eigenvalue weighted by Gasteiger charge is 2.36. The van der Waals surface area contributed by atoms with Crippen molar-refractivity contribution in [2.45, 2.75) is 57.7 Å². The lowest BCUT2D eigenvalue weighted by molar-refractivity contribution is -0.136. The molecule has 31 heavy (non-hydrogen) atoms. The van der Waals surface area contributed by atoms with Crippen LogP contribution in [0.5, 0.6) is 0 Å². The van der Waals surface area contributed by atoms with E-state index < -0.39 is 0 Å². The molecule has 162 valence electrons. The van der Waals surface area contributed by atoms with E-state index in [-0.39, 0.29) is 23.4 Å². The van der Waals surface area contributed by atoms with E-state index in [0.717, 1.165) is 75.0 Å². The van der Waals surface area contributed by atoms with Crippen molar-refractivity contribution in [1.29, 1.82) is 0 Å². The van der Waals surface area contributed by atoms with Crippen LogP contribution in [0.15, 0.2) is 41.5 Å². The van der Waals surface area contributed by atoms with Crippen LogP contribution in [-0.4, -0.2) is 43.7 Å². The minimum Gasteiger partial charge on any atom is -0.332 e. The molecule has 0 bridgehead atoms. The maximum absolute atomic E-state index is 13.1. The minimum atomic E-state index is -0.107. The molecule has 2 atom stereocenters. The molecular weight excluding hydrogens is 390 g/mol. The van der Waals surface area contributed by atoms with Crippen LogP contribution >= 0.6 is 0 Å². The van der Waals surface area contributed by atoms with Crippen LogP contribution in [0.1, 0.15) is 60.8 Å². The fourth-order valence-electron chi connectivity index (χ4n) is 5.11. The number of amides is 1. The predicted molar refractivity (Wildman–Crippen MR) is 117 cm³/mol. The molecule has 2 aromatic heterocycles. The molecule has 1 aliphatic carbocycles. The van der Waals surface area contributed by atoms with Crippen LogP contribution in [-0.2, 0) is 24.3 Å². The molecule has 2 aliphatic heterocycles. The number of nitrogens with zero attached hydrogens (tertiary/aromatic N) is 4. The van der Waals surface area contributed by atoms with Gasteiger partial charge in [-0.3, -0.25) is 19.5 Å². The lowest BCUT2D eigenvalue weighted by Crippen LogP contribution is -2.39. The monoisotopic (exact) mass is 419 g/mol. The van der Waals surface area contributed by atoms with E-state index in [1.165, 1.54) is 0 Å². The number of hydrogen-bond acceptors (Lipinski definition) is 5. The topological polar surface area (TPSA) is 82.2 Å². The smallest absolute Gasteiger partial charge is 0.255 e. The normalized spacial score (nSPS) is 23.7. The van der Waals surface area contributed by atoms with Gasteiger partial charge in [-0.15, -0.1) is 0 Å². The molecule has 4 heterocycles. The molecule has 1 fully saturated rings. The number of carbonyl (C=O) groups is 1. The second-order valence-corrected chi connectivity index (χ2v) is 8.87. The Balaban J connectivity index is 1.33. The molecule has 2 aromatic rings. The van der Waals surface area contributed by atoms with E-state index in [1.54, 1.807) is 6.20 Å². The Morgan fingerprint density at radius 3 is 2.97 bits per heavy atom. The first-order chi connectivity index (χ1) is 15.2. The van der Waals surface area contributed by atoms with Crippen molar-refractivity contribution < 1.29 is 4.79 Å². The van der Waals surface area contributed by atoms with Gasteiger partial charge in [0.1, 0.15) is 5.82 Å². The number of aromatic amines is 1. The summed E-state index contributed by atoms with van der Waals surface area (Å²) in [5.74, 6) is 0.951. The Morgan fingerprint density at radius 1 is 1.23 bits per heavy atom. The number of H-pyrrole nitrogens is 1. The fraction of sp³-hybridized carbons (Fsp3) is 0.500. The van der Waals surface area contributed by atoms with Crippen LogP contribution < -0.4 is 5.56 Å². The van der Waals surface area contributed by atoms with Crippen molar-refractivity contribution in [2.75, 3.05) is 13.1 Å². The summed E-state index contributed by atoms with van der Waals surface area (Å²) in [6, 6.07) is 3.89. The largest absolute Gasteiger partial charge is 0.332 e. The van der Waals surface area contributed by atoms with Crippen molar-refractivity contribution in [3.8, 4) is 0 Å². The summed E-state index contributed by atoms with van der Waals surface area (Å²) in [5, 5.41) is 0. The van der Waals surface area contributed by atoms with Crippen LogP contribution in [0.2, 0.25) is 0 Å². The number of carbonyl (C=O) groups excluding carboxylic acids is 1. The summed E-state index contributed by atoms with van der Waals surface area (Å²) >= 11 is 0. The van der Waals surface area contributed by atoms with Gasteiger partial charge in [-0.05, 0) is 43.7 Å². The van der Waals surface area contributed by atoms with Crippen molar-refractivity contribution in [3.63, 3.8) is 0 Å². The number of hydrogen-bond donors (Lipinski definition) is 1. The van der Waals surface area contributed by atoms with Gasteiger partial charge in [0.2, 0.25) is 5.91 Å². The van der Waals surface area contributed by atoms with Gasteiger partial charge in [-0.25, -0.2) is 4.98 Å². The Kier molecular flexibility index (Phi) is 5.68. The maximum atomic E-state index is 13.1. The summed E-state index contributed by atoms with van der Waals surface area (Å²) in [4.78, 5) is 42.4. The summed E-state index contributed by atoms with van der Waals surface area (Å²) in [6.45, 7) is 2.98. The third kappa shape index (κ3) is 4.19. The third-order valence-electron chi connectivity index (χ3n) is 6.76. The van der Waals surface area contributed by atoms with Gasteiger partial charge in [-0.2, -0.15) is 0 Å². The van der Waals surface area contributed by atoms with E-state index >= 15 is 0 Å². The van der Waals surface area contributed by atoms with Crippen molar-refractivity contribution in [1.82, 2.24) is 24.8 Å². The molecule has 0 radical (unpaired) electrons. The second kappa shape index (κ2) is 8.75. The summed E-state index contributed by atoms with van der Waals surface area (Å²) in [5.41, 5.74) is 2.73. The van der Waals surface area contributed by atoms with Gasteiger partial charge in [0, 0.05) is 50.9 Å². The molecular formula is C24H29N5O2. The number of nitrogens with one attached hydrogen (secondary N) is 1. The van der Waals surface area contributed by atoms with Crippen LogP contribution in [0.3, 0.4) is 0 Å². The van der Waals surface area contributed by atoms with E-state index in [4.69, 9.17) is 4.98 Å². The molecule has 1 N–H and O–H groups in total. The van der Waals surface area contributed by atoms with E-state index in [2.05, 4.69) is 33.1 Å². The van der Waals surface area contributed by atoms with E-state index in [1.807, 2.05) is 17.2 Å². The van der Waals surface area contributed by atoms with Crippen molar-refractivity contribution in [3.05, 3.63) is 69.7 Å². The number of fused-ring (bicyclic) bond motifs is 1. The zero-order valence-corrected chi connectivity index (χ0v) is 17.8. The van der Waals surface area contributed by atoms with Crippen LogP contribution in [0.4, 0.5) is 0 Å². The van der Waals surface area contributed by atoms with Gasteiger partial charge in [0.25, 0.3) is 5.56 Å². The molecule has 0 unspecified atom stereocenters. The van der Waals surface area contributed by atoms with Crippen LogP contribution in [0, 0.1) is 5.92 Å². The number of pyridine rings is 1. The van der Waals surface area contributed by atoms with Gasteiger partial charge >= 0.3 is 0 Å². The Labute approximate surface area is 182 Å². The number of rotatable bonds is 4. The first-order valence-electron chi connectivity index (χ1n) is 11.4. The molecule has 3 aliphatic rings. The lowest BCUT2D eigenvalue weighted by Gasteiger charge is -2.31. The summed E-state index contributed by atoms with van der Waals surface area (Å²) in [7, 11) is 0. The molecule has 7 nitrogen and oxygen atoms in total. The average molecular weight is 420 g/mol. The molecule has 0 spiro atoms. The zero-order chi connectivity index (χ0) is 21.2. The summed E-state index contributed by atoms with van der Waals surface area (Å²) in [6.07, 6.45) is 13.2.